The van der Waals surface area contributed by atoms with E-state index in [9.17, 15) is 9.59 Å². The largest absolute Gasteiger partial charge is 0.493 e. The van der Waals surface area contributed by atoms with Crippen LogP contribution >= 0.6 is 0 Å². The van der Waals surface area contributed by atoms with Crippen LogP contribution < -0.4 is 14.8 Å². The third-order valence-electron chi connectivity index (χ3n) is 5.63. The molecule has 2 fully saturated rings. The van der Waals surface area contributed by atoms with Crippen molar-refractivity contribution in [1.29, 1.82) is 0 Å². The van der Waals surface area contributed by atoms with E-state index < -0.39 is 6.04 Å². The first-order valence-electron chi connectivity index (χ1n) is 10.1. The summed E-state index contributed by atoms with van der Waals surface area (Å²) in [5.74, 6) is 1.34. The number of rotatable bonds is 6. The van der Waals surface area contributed by atoms with E-state index in [1.807, 2.05) is 23.1 Å². The van der Waals surface area contributed by atoms with E-state index in [1.165, 1.54) is 12.8 Å². The van der Waals surface area contributed by atoms with Gasteiger partial charge >= 0.3 is 0 Å². The Morgan fingerprint density at radius 3 is 2.54 bits per heavy atom. The minimum Gasteiger partial charge on any atom is -0.493 e. The maximum atomic E-state index is 12.9. The molecule has 1 unspecified atom stereocenters. The molecule has 7 heteroatoms. The van der Waals surface area contributed by atoms with Gasteiger partial charge in [0.2, 0.25) is 11.8 Å². The van der Waals surface area contributed by atoms with Gasteiger partial charge in [-0.15, -0.1) is 0 Å². The SMILES string of the molecule is COc1cccc(CN2CCNC(=O)C2CC(=O)N2CCCCCC2)c1OC. The van der Waals surface area contributed by atoms with Crippen LogP contribution in [-0.2, 0) is 16.1 Å². The summed E-state index contributed by atoms with van der Waals surface area (Å²) in [6.45, 7) is 3.42. The van der Waals surface area contributed by atoms with Crippen LogP contribution in [0.4, 0.5) is 0 Å². The molecule has 0 aromatic heterocycles. The number of hydrogen-bond donors (Lipinski definition) is 1. The highest BCUT2D eigenvalue weighted by Gasteiger charge is 2.33. The van der Waals surface area contributed by atoms with E-state index >= 15 is 0 Å². The van der Waals surface area contributed by atoms with Gasteiger partial charge in [0.05, 0.1) is 26.7 Å². The highest BCUT2D eigenvalue weighted by Crippen LogP contribution is 2.32. The molecule has 2 heterocycles. The molecule has 1 atom stereocenters. The van der Waals surface area contributed by atoms with Crippen LogP contribution in [0.15, 0.2) is 18.2 Å². The van der Waals surface area contributed by atoms with E-state index in [2.05, 4.69) is 10.2 Å². The van der Waals surface area contributed by atoms with Gasteiger partial charge in [-0.3, -0.25) is 14.5 Å². The van der Waals surface area contributed by atoms with E-state index in [1.54, 1.807) is 14.2 Å². The van der Waals surface area contributed by atoms with E-state index in [-0.39, 0.29) is 18.2 Å². The predicted molar refractivity (Wildman–Crippen MR) is 106 cm³/mol. The Balaban J connectivity index is 1.74. The Morgan fingerprint density at radius 2 is 1.86 bits per heavy atom. The number of hydrogen-bond acceptors (Lipinski definition) is 5. The van der Waals surface area contributed by atoms with Gasteiger partial charge in [-0.05, 0) is 18.9 Å². The molecule has 0 aliphatic carbocycles. The Labute approximate surface area is 167 Å². The first-order valence-corrected chi connectivity index (χ1v) is 10.1. The molecule has 0 spiro atoms. The summed E-state index contributed by atoms with van der Waals surface area (Å²) in [5, 5.41) is 2.91. The molecular weight excluding hydrogens is 358 g/mol. The molecule has 3 rings (SSSR count). The van der Waals surface area contributed by atoms with Crippen LogP contribution in [0.1, 0.15) is 37.7 Å². The zero-order valence-corrected chi connectivity index (χ0v) is 16.9. The van der Waals surface area contributed by atoms with Crippen LogP contribution in [0, 0.1) is 0 Å². The number of likely N-dealkylation sites (tertiary alicyclic amines) is 1. The Bertz CT molecular complexity index is 686. The van der Waals surface area contributed by atoms with Crippen LogP contribution in [0.25, 0.3) is 0 Å². The number of piperazine rings is 1. The van der Waals surface area contributed by atoms with Gasteiger partial charge in [0, 0.05) is 38.3 Å². The van der Waals surface area contributed by atoms with Crippen molar-refractivity contribution in [3.05, 3.63) is 23.8 Å². The van der Waals surface area contributed by atoms with Gasteiger partial charge in [-0.2, -0.15) is 0 Å². The highest BCUT2D eigenvalue weighted by molar-refractivity contribution is 5.88. The average Bonchev–Trinajstić information content (AvgIpc) is 3.00. The van der Waals surface area contributed by atoms with Gasteiger partial charge in [-0.1, -0.05) is 25.0 Å². The lowest BCUT2D eigenvalue weighted by Gasteiger charge is -2.36. The molecule has 2 aliphatic heterocycles. The minimum absolute atomic E-state index is 0.0729. The Morgan fingerprint density at radius 1 is 1.11 bits per heavy atom. The molecule has 0 saturated carbocycles. The first kappa shape index (κ1) is 20.5. The lowest BCUT2D eigenvalue weighted by molar-refractivity contribution is -0.139. The number of benzene rings is 1. The monoisotopic (exact) mass is 389 g/mol. The van der Waals surface area contributed by atoms with Crippen molar-refractivity contribution in [2.24, 2.45) is 0 Å². The fraction of sp³-hybridized carbons (Fsp3) is 0.619. The number of methoxy groups -OCH3 is 2. The topological polar surface area (TPSA) is 71.1 Å². The quantitative estimate of drug-likeness (QED) is 0.803. The van der Waals surface area contributed by atoms with Crippen molar-refractivity contribution in [2.75, 3.05) is 40.4 Å². The summed E-state index contributed by atoms with van der Waals surface area (Å²) in [4.78, 5) is 29.4. The molecule has 2 saturated heterocycles. The number of para-hydroxylation sites is 1. The molecule has 0 bridgehead atoms. The predicted octanol–water partition coefficient (Wildman–Crippen LogP) is 1.80. The third kappa shape index (κ3) is 4.76. The summed E-state index contributed by atoms with van der Waals surface area (Å²) < 4.78 is 10.9. The number of amides is 2. The molecule has 1 aromatic carbocycles. The van der Waals surface area contributed by atoms with E-state index in [0.29, 0.717) is 31.1 Å². The second kappa shape index (κ2) is 9.78. The van der Waals surface area contributed by atoms with Crippen molar-refractivity contribution in [3.8, 4) is 11.5 Å². The van der Waals surface area contributed by atoms with Crippen LogP contribution in [-0.4, -0.2) is 68.1 Å². The zero-order chi connectivity index (χ0) is 19.9. The number of nitrogens with one attached hydrogen (secondary N) is 1. The number of ether oxygens (including phenoxy) is 2. The maximum Gasteiger partial charge on any atom is 0.237 e. The lowest BCUT2D eigenvalue weighted by Crippen LogP contribution is -2.56. The molecule has 1 N–H and O–H groups in total. The van der Waals surface area contributed by atoms with Gasteiger partial charge in [0.25, 0.3) is 0 Å². The molecule has 154 valence electrons. The van der Waals surface area contributed by atoms with Crippen molar-refractivity contribution in [2.45, 2.75) is 44.7 Å². The number of carbonyl (C=O) groups is 2. The normalized spacial score (nSPS) is 21.0. The summed E-state index contributed by atoms with van der Waals surface area (Å²) in [6.07, 6.45) is 4.67. The van der Waals surface area contributed by atoms with Crippen LogP contribution in [0.5, 0.6) is 11.5 Å². The molecule has 2 amide bonds. The van der Waals surface area contributed by atoms with Gasteiger partial charge < -0.3 is 19.7 Å². The molecule has 28 heavy (non-hydrogen) atoms. The van der Waals surface area contributed by atoms with Crippen LogP contribution in [0.2, 0.25) is 0 Å². The molecule has 7 nitrogen and oxygen atoms in total. The second-order valence-corrected chi connectivity index (χ2v) is 7.43. The first-order chi connectivity index (χ1) is 13.6. The number of carbonyl (C=O) groups excluding carboxylic acids is 2. The Kier molecular flexibility index (Phi) is 7.14. The minimum atomic E-state index is -0.458. The molecular formula is C21H31N3O4. The smallest absolute Gasteiger partial charge is 0.237 e. The van der Waals surface area contributed by atoms with E-state index in [4.69, 9.17) is 9.47 Å². The van der Waals surface area contributed by atoms with Gasteiger partial charge in [-0.25, -0.2) is 0 Å². The molecule has 2 aliphatic rings. The number of nitrogens with zero attached hydrogens (tertiary/aromatic N) is 2. The summed E-state index contributed by atoms with van der Waals surface area (Å²) in [6, 6.07) is 5.28. The lowest BCUT2D eigenvalue weighted by atomic mass is 10.1. The zero-order valence-electron chi connectivity index (χ0n) is 16.9. The third-order valence-corrected chi connectivity index (χ3v) is 5.63. The second-order valence-electron chi connectivity index (χ2n) is 7.43. The van der Waals surface area contributed by atoms with Crippen molar-refractivity contribution in [3.63, 3.8) is 0 Å². The summed E-state index contributed by atoms with van der Waals surface area (Å²) >= 11 is 0. The molecule has 1 aromatic rings. The molecule has 0 radical (unpaired) electrons. The standard InChI is InChI=1S/C21H31N3O4/c1-27-18-9-7-8-16(20(18)28-2)15-24-13-10-22-21(26)17(24)14-19(25)23-11-5-3-4-6-12-23/h7-9,17H,3-6,10-15H2,1-2H3,(H,22,26). The van der Waals surface area contributed by atoms with Crippen molar-refractivity contribution < 1.29 is 19.1 Å². The fourth-order valence-electron chi connectivity index (χ4n) is 4.08. The van der Waals surface area contributed by atoms with Gasteiger partial charge in [0.1, 0.15) is 0 Å². The van der Waals surface area contributed by atoms with Crippen molar-refractivity contribution >= 4 is 11.8 Å². The maximum absolute atomic E-state index is 12.9. The average molecular weight is 389 g/mol. The van der Waals surface area contributed by atoms with Gasteiger partial charge in [0.15, 0.2) is 11.5 Å². The summed E-state index contributed by atoms with van der Waals surface area (Å²) in [5.41, 5.74) is 0.948. The Hall–Kier alpha value is -2.28. The fourth-order valence-corrected chi connectivity index (χ4v) is 4.08. The van der Waals surface area contributed by atoms with Crippen molar-refractivity contribution in [1.82, 2.24) is 15.1 Å². The van der Waals surface area contributed by atoms with Crippen LogP contribution in [0.3, 0.4) is 0 Å². The highest BCUT2D eigenvalue weighted by atomic mass is 16.5. The summed E-state index contributed by atoms with van der Waals surface area (Å²) in [7, 11) is 3.23. The van der Waals surface area contributed by atoms with E-state index in [0.717, 1.165) is 31.5 Å².